The number of hydrogen-bond acceptors (Lipinski definition) is 5. The van der Waals surface area contributed by atoms with E-state index in [2.05, 4.69) is 183 Å². The highest BCUT2D eigenvalue weighted by atomic mass is 28.4. The molecule has 1 saturated heterocycles. The van der Waals surface area contributed by atoms with Gasteiger partial charge in [-0.25, -0.2) is 0 Å². The first-order chi connectivity index (χ1) is 25.4. The van der Waals surface area contributed by atoms with Crippen molar-refractivity contribution in [3.8, 4) is 11.8 Å². The van der Waals surface area contributed by atoms with Gasteiger partial charge in [-0.3, -0.25) is 4.79 Å². The number of Topliss-reactive ketones (excluding diaryl/α,β-unsaturated/α-hetero) is 1. The normalized spacial score (nSPS) is 25.0. The lowest BCUT2D eigenvalue weighted by atomic mass is 9.56. The first-order valence-electron chi connectivity index (χ1n) is 21.2. The molecule has 2 aromatic rings. The van der Waals surface area contributed by atoms with Crippen LogP contribution in [0.5, 0.6) is 0 Å². The molecule has 0 N–H and O–H groups in total. The predicted molar refractivity (Wildman–Crippen MR) is 239 cm³/mol. The monoisotopic (exact) mass is 805 g/mol. The van der Waals surface area contributed by atoms with Crippen molar-refractivity contribution in [2.75, 3.05) is 19.8 Å². The van der Waals surface area contributed by atoms with Gasteiger partial charge in [-0.05, 0) is 74.8 Å². The fourth-order valence-corrected chi connectivity index (χ4v) is 21.0. The van der Waals surface area contributed by atoms with Crippen LogP contribution in [0.2, 0.25) is 39.8 Å². The highest BCUT2D eigenvalue weighted by Gasteiger charge is 2.72. The maximum absolute atomic E-state index is 14.7. The Kier molecular flexibility index (Phi) is 14.3. The quantitative estimate of drug-likeness (QED) is 0.0590. The van der Waals surface area contributed by atoms with Crippen molar-refractivity contribution in [3.63, 3.8) is 0 Å². The molecular formula is C47H76O5Si3. The topological polar surface area (TPSA) is 57.3 Å². The molecule has 1 heterocycles. The Morgan fingerprint density at radius 2 is 1.33 bits per heavy atom. The lowest BCUT2D eigenvalue weighted by molar-refractivity contribution is -0.142. The van der Waals surface area contributed by atoms with Gasteiger partial charge in [0.2, 0.25) is 14.1 Å². The van der Waals surface area contributed by atoms with E-state index in [1.807, 2.05) is 0 Å². The Hall–Kier alpha value is -1.84. The lowest BCUT2D eigenvalue weighted by Crippen LogP contribution is -2.66. The number of epoxide rings is 1. The molecule has 1 unspecified atom stereocenters. The van der Waals surface area contributed by atoms with Gasteiger partial charge in [0, 0.05) is 25.0 Å². The van der Waals surface area contributed by atoms with E-state index >= 15 is 0 Å². The molecule has 1 aliphatic heterocycles. The molecule has 5 nitrogen and oxygen atoms in total. The van der Waals surface area contributed by atoms with Crippen LogP contribution in [0.1, 0.15) is 116 Å². The molecule has 1 aliphatic carbocycles. The van der Waals surface area contributed by atoms with E-state index in [0.29, 0.717) is 42.9 Å². The Morgan fingerprint density at radius 3 is 1.75 bits per heavy atom. The van der Waals surface area contributed by atoms with E-state index in [-0.39, 0.29) is 33.3 Å². The van der Waals surface area contributed by atoms with Gasteiger partial charge in [-0.1, -0.05) is 164 Å². The van der Waals surface area contributed by atoms with Crippen molar-refractivity contribution >= 4 is 41.1 Å². The minimum absolute atomic E-state index is 0.0416. The van der Waals surface area contributed by atoms with Gasteiger partial charge >= 0.3 is 0 Å². The smallest absolute Gasteiger partial charge is 0.261 e. The minimum Gasteiger partial charge on any atom is -0.416 e. The summed E-state index contributed by atoms with van der Waals surface area (Å²) >= 11 is 0. The van der Waals surface area contributed by atoms with Gasteiger partial charge in [0.25, 0.3) is 8.32 Å². The molecule has 0 radical (unpaired) electrons. The van der Waals surface area contributed by atoms with Crippen molar-refractivity contribution in [3.05, 3.63) is 60.7 Å². The van der Waals surface area contributed by atoms with E-state index in [1.54, 1.807) is 0 Å². The van der Waals surface area contributed by atoms with Crippen LogP contribution >= 0.6 is 0 Å². The first kappa shape index (κ1) is 45.9. The maximum Gasteiger partial charge on any atom is 0.261 e. The molecule has 4 rings (SSSR count). The molecule has 2 aromatic carbocycles. The summed E-state index contributed by atoms with van der Waals surface area (Å²) in [5.74, 6) is 6.26. The molecule has 1 saturated carbocycles. The third kappa shape index (κ3) is 8.79. The second kappa shape index (κ2) is 17.2. The van der Waals surface area contributed by atoms with Crippen LogP contribution in [-0.4, -0.2) is 62.3 Å². The molecule has 5 atom stereocenters. The molecule has 55 heavy (non-hydrogen) atoms. The molecule has 0 amide bonds. The summed E-state index contributed by atoms with van der Waals surface area (Å²) in [7, 11) is -7.01. The van der Waals surface area contributed by atoms with Crippen LogP contribution in [0, 0.1) is 29.1 Å². The predicted octanol–water partition coefficient (Wildman–Crippen LogP) is 10.9. The van der Waals surface area contributed by atoms with Crippen molar-refractivity contribution in [2.45, 2.75) is 168 Å². The second-order valence-electron chi connectivity index (χ2n) is 20.5. The van der Waals surface area contributed by atoms with Crippen molar-refractivity contribution in [1.82, 2.24) is 0 Å². The summed E-state index contributed by atoms with van der Waals surface area (Å²) in [5, 5.41) is 2.53. The summed E-state index contributed by atoms with van der Waals surface area (Å²) in [5.41, 5.74) is 0.233. The Balaban J connectivity index is 1.63. The SMILES string of the molecule is CC(C)[Si](O[C@@H]1C[C@H](C)[C@@](C)(CO[Si](C)(C)C(C)(C)C)C2(CO2)[C@H]1C(=O)C#CCCCO[Si](c1ccccc1)(c1ccccc1)C(C)(C)C)(C(C)C)C(C)C. The Morgan fingerprint density at radius 1 is 0.836 bits per heavy atom. The molecule has 306 valence electrons. The van der Waals surface area contributed by atoms with Gasteiger partial charge in [-0.2, -0.15) is 0 Å². The summed E-state index contributed by atoms with van der Waals surface area (Å²) in [6.07, 6.45) is 1.89. The van der Waals surface area contributed by atoms with Gasteiger partial charge in [0.05, 0.1) is 18.6 Å². The van der Waals surface area contributed by atoms with E-state index in [0.717, 1.165) is 12.8 Å². The molecule has 0 aromatic heterocycles. The largest absolute Gasteiger partial charge is 0.416 e. The third-order valence-corrected chi connectivity index (χ3v) is 29.9. The number of carbonyl (C=O) groups excluding carboxylic acids is 1. The van der Waals surface area contributed by atoms with Gasteiger partial charge in [0.15, 0.2) is 8.32 Å². The van der Waals surface area contributed by atoms with Crippen LogP contribution in [0.25, 0.3) is 0 Å². The van der Waals surface area contributed by atoms with Crippen LogP contribution in [-0.2, 0) is 22.8 Å². The summed E-state index contributed by atoms with van der Waals surface area (Å²) in [6, 6.07) is 21.5. The van der Waals surface area contributed by atoms with Crippen molar-refractivity contribution in [1.29, 1.82) is 0 Å². The van der Waals surface area contributed by atoms with Crippen molar-refractivity contribution < 1.29 is 22.8 Å². The van der Waals surface area contributed by atoms with Crippen LogP contribution in [0.15, 0.2) is 60.7 Å². The zero-order chi connectivity index (χ0) is 41.3. The van der Waals surface area contributed by atoms with Gasteiger partial charge in [-0.15, -0.1) is 0 Å². The fraction of sp³-hybridized carbons (Fsp3) is 0.681. The van der Waals surface area contributed by atoms with E-state index < -0.39 is 36.5 Å². The zero-order valence-corrected chi connectivity index (χ0v) is 40.5. The number of benzene rings is 2. The lowest BCUT2D eigenvalue weighted by Gasteiger charge is -2.55. The first-order valence-corrected chi connectivity index (χ1v) is 28.1. The van der Waals surface area contributed by atoms with Crippen LogP contribution in [0.3, 0.4) is 0 Å². The molecule has 2 fully saturated rings. The standard InChI is InChI=1S/C47H76O5Si3/c1-35(2)54(36(3)4,37(5)6)52-42-32-38(7)46(14,33-51-53(15,16)44(8,9)10)47(34-49-47)43(42)41(48)30-24-19-25-31-50-55(45(11,12)13,39-26-20-17-21-27-39)40-28-22-18-23-29-40/h17-18,20-23,26-29,35-38,42-43H,19,25,31-34H2,1-16H3/t38-,42+,43-,46+,47?/m0/s1. The number of unbranched alkanes of at least 4 members (excludes halogenated alkanes) is 1. The second-order valence-corrected chi connectivity index (χ2v) is 35.0. The maximum atomic E-state index is 14.7. The number of ether oxygens (including phenoxy) is 1. The van der Waals surface area contributed by atoms with E-state index in [9.17, 15) is 4.79 Å². The number of carbonyl (C=O) groups is 1. The van der Waals surface area contributed by atoms with Crippen molar-refractivity contribution in [2.24, 2.45) is 17.3 Å². The third-order valence-electron chi connectivity index (χ3n) is 14.2. The van der Waals surface area contributed by atoms with E-state index in [4.69, 9.17) is 18.0 Å². The number of hydrogen-bond donors (Lipinski definition) is 0. The van der Waals surface area contributed by atoms with Crippen LogP contribution < -0.4 is 10.4 Å². The summed E-state index contributed by atoms with van der Waals surface area (Å²) < 4.78 is 28.3. The molecule has 8 heteroatoms. The number of rotatable bonds is 15. The minimum atomic E-state index is -2.64. The zero-order valence-electron chi connectivity index (χ0n) is 37.5. The average molecular weight is 805 g/mol. The van der Waals surface area contributed by atoms with E-state index in [1.165, 1.54) is 10.4 Å². The fourth-order valence-electron chi connectivity index (χ4n) is 9.76. The molecule has 0 bridgehead atoms. The average Bonchev–Trinajstić information content (AvgIpc) is 3.89. The summed E-state index contributed by atoms with van der Waals surface area (Å²) in [6.45, 7) is 38.7. The Labute approximate surface area is 339 Å². The highest BCUT2D eigenvalue weighted by molar-refractivity contribution is 6.99. The van der Waals surface area contributed by atoms with Gasteiger partial charge in [0.1, 0.15) is 5.60 Å². The number of ketones is 1. The molecular weight excluding hydrogens is 729 g/mol. The summed E-state index contributed by atoms with van der Waals surface area (Å²) in [4.78, 5) is 14.7. The van der Waals surface area contributed by atoms with Gasteiger partial charge < -0.3 is 18.0 Å². The highest BCUT2D eigenvalue weighted by Crippen LogP contribution is 2.62. The van der Waals surface area contributed by atoms with Crippen LogP contribution in [0.4, 0.5) is 0 Å². The molecule has 1 spiro atoms. The molecule has 2 aliphatic rings. The Bertz CT molecular complexity index is 1560.